The molecule has 0 radical (unpaired) electrons. The molecule has 1 unspecified atom stereocenters. The molecule has 1 aromatic carbocycles. The first-order valence-electron chi connectivity index (χ1n) is 7.95. The molecule has 8 nitrogen and oxygen atoms in total. The van der Waals surface area contributed by atoms with Gasteiger partial charge in [0.2, 0.25) is 0 Å². The highest BCUT2D eigenvalue weighted by Crippen LogP contribution is 2.22. The van der Waals surface area contributed by atoms with Crippen LogP contribution in [0.5, 0.6) is 0 Å². The number of nitrogens with zero attached hydrogens (tertiary/aromatic N) is 6. The van der Waals surface area contributed by atoms with Gasteiger partial charge in [0, 0.05) is 19.6 Å². The van der Waals surface area contributed by atoms with Crippen LogP contribution < -0.4 is 5.32 Å². The third kappa shape index (κ3) is 2.81. The predicted molar refractivity (Wildman–Crippen MR) is 87.6 cm³/mol. The van der Waals surface area contributed by atoms with Crippen LogP contribution in [0.3, 0.4) is 0 Å². The van der Waals surface area contributed by atoms with Crippen LogP contribution in [0.2, 0.25) is 0 Å². The Morgan fingerprint density at radius 1 is 1.25 bits per heavy atom. The molecule has 0 bridgehead atoms. The smallest absolute Gasteiger partial charge is 0.280 e. The van der Waals surface area contributed by atoms with E-state index in [9.17, 15) is 0 Å². The van der Waals surface area contributed by atoms with Gasteiger partial charge in [-0.25, -0.2) is 4.68 Å². The van der Waals surface area contributed by atoms with E-state index in [0.29, 0.717) is 17.4 Å². The largest absolute Gasteiger partial charge is 0.332 e. The van der Waals surface area contributed by atoms with Crippen molar-refractivity contribution >= 4 is 0 Å². The number of likely N-dealkylation sites (N-methyl/N-ethyl adjacent to an activating group) is 1. The molecular formula is C16H19N7O. The van der Waals surface area contributed by atoms with Crippen LogP contribution in [0.15, 0.2) is 35.0 Å². The number of benzene rings is 1. The van der Waals surface area contributed by atoms with E-state index < -0.39 is 0 Å². The molecule has 1 fully saturated rings. The standard InChI is InChI=1S/C16H19N7O/c1-11-3-5-12(6-4-11)23-10-13(19-21-23)16-18-15(20-24-16)14-9-17-7-8-22(14)2/h3-6,10,14,17H,7-9H2,1-2H3. The van der Waals surface area contributed by atoms with Gasteiger partial charge in [0.25, 0.3) is 5.89 Å². The van der Waals surface area contributed by atoms with Crippen LogP contribution in [0, 0.1) is 6.92 Å². The molecule has 0 aliphatic carbocycles. The van der Waals surface area contributed by atoms with Crippen molar-refractivity contribution in [3.05, 3.63) is 41.9 Å². The van der Waals surface area contributed by atoms with E-state index in [-0.39, 0.29) is 6.04 Å². The maximum Gasteiger partial charge on any atom is 0.280 e. The first-order chi connectivity index (χ1) is 11.7. The van der Waals surface area contributed by atoms with Crippen LogP contribution in [-0.2, 0) is 0 Å². The minimum Gasteiger partial charge on any atom is -0.332 e. The fourth-order valence-electron chi connectivity index (χ4n) is 2.75. The van der Waals surface area contributed by atoms with Crippen LogP contribution in [0.25, 0.3) is 17.3 Å². The molecule has 1 N–H and O–H groups in total. The lowest BCUT2D eigenvalue weighted by Crippen LogP contribution is -2.44. The van der Waals surface area contributed by atoms with Gasteiger partial charge in [-0.05, 0) is 26.1 Å². The lowest BCUT2D eigenvalue weighted by molar-refractivity contribution is 0.190. The second-order valence-corrected chi connectivity index (χ2v) is 6.04. The summed E-state index contributed by atoms with van der Waals surface area (Å²) in [5.74, 6) is 1.06. The van der Waals surface area contributed by atoms with Crippen molar-refractivity contribution in [3.63, 3.8) is 0 Å². The van der Waals surface area contributed by atoms with Crippen LogP contribution >= 0.6 is 0 Å². The number of nitrogens with one attached hydrogen (secondary N) is 1. The van der Waals surface area contributed by atoms with Gasteiger partial charge in [-0.15, -0.1) is 5.10 Å². The van der Waals surface area contributed by atoms with Gasteiger partial charge in [0.05, 0.1) is 17.9 Å². The number of rotatable bonds is 3. The molecule has 1 aliphatic heterocycles. The van der Waals surface area contributed by atoms with Crippen molar-refractivity contribution in [1.29, 1.82) is 0 Å². The Balaban J connectivity index is 1.58. The number of aryl methyl sites for hydroxylation is 1. The number of hydrogen-bond donors (Lipinski definition) is 1. The minimum atomic E-state index is 0.114. The average Bonchev–Trinajstić information content (AvgIpc) is 3.25. The SMILES string of the molecule is Cc1ccc(-n2cc(-c3nc(C4CNCCN4C)no3)nn2)cc1. The number of piperazine rings is 1. The molecule has 3 heterocycles. The Bertz CT molecular complexity index is 823. The summed E-state index contributed by atoms with van der Waals surface area (Å²) in [5.41, 5.74) is 2.71. The molecule has 3 aromatic rings. The lowest BCUT2D eigenvalue weighted by Gasteiger charge is -2.30. The summed E-state index contributed by atoms with van der Waals surface area (Å²) in [6.45, 7) is 4.79. The molecular weight excluding hydrogens is 306 g/mol. The fraction of sp³-hybridized carbons (Fsp3) is 0.375. The van der Waals surface area contributed by atoms with Gasteiger partial charge in [0.15, 0.2) is 11.5 Å². The Morgan fingerprint density at radius 2 is 2.08 bits per heavy atom. The zero-order chi connectivity index (χ0) is 16.5. The normalized spacial score (nSPS) is 18.8. The zero-order valence-corrected chi connectivity index (χ0v) is 13.7. The summed E-state index contributed by atoms with van der Waals surface area (Å²) in [6.07, 6.45) is 1.80. The van der Waals surface area contributed by atoms with E-state index in [1.54, 1.807) is 10.9 Å². The molecule has 4 rings (SSSR count). The van der Waals surface area contributed by atoms with E-state index in [1.807, 2.05) is 31.2 Å². The molecule has 0 amide bonds. The zero-order valence-electron chi connectivity index (χ0n) is 13.7. The second-order valence-electron chi connectivity index (χ2n) is 6.04. The summed E-state index contributed by atoms with van der Waals surface area (Å²) >= 11 is 0. The molecule has 24 heavy (non-hydrogen) atoms. The van der Waals surface area contributed by atoms with Crippen molar-refractivity contribution in [2.24, 2.45) is 0 Å². The number of hydrogen-bond acceptors (Lipinski definition) is 7. The second kappa shape index (κ2) is 6.14. The van der Waals surface area contributed by atoms with E-state index in [0.717, 1.165) is 25.3 Å². The number of aromatic nitrogens is 5. The Hall–Kier alpha value is -2.58. The van der Waals surface area contributed by atoms with Crippen molar-refractivity contribution in [3.8, 4) is 17.3 Å². The van der Waals surface area contributed by atoms with Crippen molar-refractivity contribution in [2.45, 2.75) is 13.0 Å². The Labute approximate surface area is 139 Å². The maximum absolute atomic E-state index is 5.39. The van der Waals surface area contributed by atoms with Gasteiger partial charge >= 0.3 is 0 Å². The van der Waals surface area contributed by atoms with Gasteiger partial charge < -0.3 is 9.84 Å². The van der Waals surface area contributed by atoms with E-state index in [2.05, 4.69) is 37.7 Å². The Morgan fingerprint density at radius 3 is 2.88 bits per heavy atom. The van der Waals surface area contributed by atoms with Crippen molar-refractivity contribution in [1.82, 2.24) is 35.4 Å². The van der Waals surface area contributed by atoms with Crippen molar-refractivity contribution < 1.29 is 4.52 Å². The molecule has 1 saturated heterocycles. The molecule has 2 aromatic heterocycles. The van der Waals surface area contributed by atoms with E-state index in [1.165, 1.54) is 5.56 Å². The average molecular weight is 325 g/mol. The predicted octanol–water partition coefficient (Wildman–Crippen LogP) is 1.20. The lowest BCUT2D eigenvalue weighted by atomic mass is 10.2. The molecule has 0 spiro atoms. The summed E-state index contributed by atoms with van der Waals surface area (Å²) in [6, 6.07) is 8.18. The molecule has 0 saturated carbocycles. The monoisotopic (exact) mass is 325 g/mol. The van der Waals surface area contributed by atoms with Crippen LogP contribution in [0.1, 0.15) is 17.4 Å². The summed E-state index contributed by atoms with van der Waals surface area (Å²) in [4.78, 5) is 6.72. The van der Waals surface area contributed by atoms with Gasteiger partial charge in [0.1, 0.15) is 0 Å². The highest BCUT2D eigenvalue weighted by atomic mass is 16.5. The van der Waals surface area contributed by atoms with Crippen molar-refractivity contribution in [2.75, 3.05) is 26.7 Å². The van der Waals surface area contributed by atoms with Crippen LogP contribution in [0.4, 0.5) is 0 Å². The fourth-order valence-corrected chi connectivity index (χ4v) is 2.75. The van der Waals surface area contributed by atoms with E-state index >= 15 is 0 Å². The first kappa shape index (κ1) is 15.0. The topological polar surface area (TPSA) is 84.9 Å². The highest BCUT2D eigenvalue weighted by Gasteiger charge is 2.26. The summed E-state index contributed by atoms with van der Waals surface area (Å²) in [7, 11) is 2.06. The maximum atomic E-state index is 5.39. The Kier molecular flexibility index (Phi) is 3.83. The third-order valence-electron chi connectivity index (χ3n) is 4.26. The van der Waals surface area contributed by atoms with Gasteiger partial charge in [-0.3, -0.25) is 4.90 Å². The van der Waals surface area contributed by atoms with E-state index in [4.69, 9.17) is 4.52 Å². The summed E-state index contributed by atoms with van der Waals surface area (Å²) in [5, 5.41) is 15.8. The summed E-state index contributed by atoms with van der Waals surface area (Å²) < 4.78 is 7.09. The highest BCUT2D eigenvalue weighted by molar-refractivity contribution is 5.45. The third-order valence-corrected chi connectivity index (χ3v) is 4.26. The molecule has 124 valence electrons. The van der Waals surface area contributed by atoms with Crippen LogP contribution in [-0.4, -0.2) is 56.7 Å². The molecule has 1 atom stereocenters. The first-order valence-corrected chi connectivity index (χ1v) is 7.95. The minimum absolute atomic E-state index is 0.114. The molecule has 1 aliphatic rings. The molecule has 8 heteroatoms. The van der Waals surface area contributed by atoms with Gasteiger partial charge in [-0.1, -0.05) is 28.1 Å². The quantitative estimate of drug-likeness (QED) is 0.774. The van der Waals surface area contributed by atoms with Gasteiger partial charge in [-0.2, -0.15) is 4.98 Å².